The highest BCUT2D eigenvalue weighted by molar-refractivity contribution is 6.07. The third-order valence-electron chi connectivity index (χ3n) is 24.8. The molecule has 0 bridgehead atoms. The largest absolute Gasteiger partial charge is 0.493 e. The highest BCUT2D eigenvalue weighted by Gasteiger charge is 2.49. The summed E-state index contributed by atoms with van der Waals surface area (Å²) in [7, 11) is 4.39. The normalized spacial score (nSPS) is 18.0. The van der Waals surface area contributed by atoms with Gasteiger partial charge < -0.3 is 112 Å². The van der Waals surface area contributed by atoms with E-state index in [1.165, 1.54) is 48.3 Å². The number of rotatable bonds is 67. The van der Waals surface area contributed by atoms with E-state index in [0.717, 1.165) is 20.9 Å². The van der Waals surface area contributed by atoms with Crippen molar-refractivity contribution >= 4 is 82.2 Å². The topological polar surface area (TPSA) is 459 Å². The number of nitrogens with one attached hydrogen (secondary N) is 3. The maximum absolute atomic E-state index is 14.5. The van der Waals surface area contributed by atoms with Crippen LogP contribution in [0.4, 0.5) is 10.5 Å². The molecule has 0 radical (unpaired) electrons. The van der Waals surface area contributed by atoms with Gasteiger partial charge in [-0.05, 0) is 118 Å². The summed E-state index contributed by atoms with van der Waals surface area (Å²) < 4.78 is 90.7. The first-order chi connectivity index (χ1) is 67.8. The lowest BCUT2D eigenvalue weighted by molar-refractivity contribution is -0.150. The maximum Gasteiger partial charge on any atom is 0.416 e. The van der Waals surface area contributed by atoms with Crippen LogP contribution < -0.4 is 39.8 Å². The summed E-state index contributed by atoms with van der Waals surface area (Å²) in [6, 6.07) is 16.2. The van der Waals surface area contributed by atoms with E-state index in [9.17, 15) is 72.5 Å². The zero-order valence-corrected chi connectivity index (χ0v) is 83.4. The molecule has 9 rings (SSSR count). The van der Waals surface area contributed by atoms with E-state index in [1.807, 2.05) is 41.5 Å². The number of amides is 8. The van der Waals surface area contributed by atoms with E-state index in [0.29, 0.717) is 154 Å². The van der Waals surface area contributed by atoms with Crippen molar-refractivity contribution < 1.29 is 148 Å². The molecule has 8 amide bonds. The molecule has 10 atom stereocenters. The molecule has 2 unspecified atom stereocenters. The van der Waals surface area contributed by atoms with Crippen molar-refractivity contribution in [2.75, 3.05) is 178 Å². The smallest absolute Gasteiger partial charge is 0.416 e. The number of anilines is 1. The Kier molecular flexibility index (Phi) is 47.7. The molecule has 4 aromatic carbocycles. The fraction of sp³-hybridized carbons (Fsp3) is 0.602. The number of aliphatic hydroxyl groups excluding tert-OH is 2. The summed E-state index contributed by atoms with van der Waals surface area (Å²) in [5.41, 5.74) is 4.32. The fourth-order valence-corrected chi connectivity index (χ4v) is 16.6. The first kappa shape index (κ1) is 114. The molecule has 38 heteroatoms. The Morgan fingerprint density at radius 3 is 1.33 bits per heavy atom. The van der Waals surface area contributed by atoms with Gasteiger partial charge in [-0.1, -0.05) is 94.3 Å². The van der Waals surface area contributed by atoms with Crippen LogP contribution in [-0.4, -0.2) is 311 Å². The summed E-state index contributed by atoms with van der Waals surface area (Å²) in [6.07, 6.45) is 1.77. The number of methoxy groups -OCH3 is 3. The maximum atomic E-state index is 14.5. The number of nitrogens with zero attached hydrogens (tertiary/aromatic N) is 4. The third-order valence-corrected chi connectivity index (χ3v) is 24.8. The number of ether oxygens (including phenoxy) is 16. The molecular formula is C103H143N7O31. The number of carbonyl (C=O) groups is 13. The summed E-state index contributed by atoms with van der Waals surface area (Å²) in [4.78, 5) is 179. The summed E-state index contributed by atoms with van der Waals surface area (Å²) in [6.45, 7) is 22.5. The van der Waals surface area contributed by atoms with Gasteiger partial charge in [-0.2, -0.15) is 0 Å². The Balaban J connectivity index is 0.653. The number of fused-ring (bicyclic) bond motifs is 4. The first-order valence-corrected chi connectivity index (χ1v) is 48.6. The van der Waals surface area contributed by atoms with Crippen LogP contribution in [0.2, 0.25) is 0 Å². The van der Waals surface area contributed by atoms with Gasteiger partial charge in [0.2, 0.25) is 29.5 Å². The van der Waals surface area contributed by atoms with E-state index in [-0.39, 0.29) is 227 Å². The van der Waals surface area contributed by atoms with Crippen molar-refractivity contribution in [1.82, 2.24) is 30.7 Å². The van der Waals surface area contributed by atoms with Crippen LogP contribution in [-0.2, 0) is 131 Å². The van der Waals surface area contributed by atoms with E-state index in [1.54, 1.807) is 88.8 Å². The zero-order valence-electron chi connectivity index (χ0n) is 83.4. The monoisotopic (exact) mass is 1970 g/mol. The molecule has 5 aliphatic rings. The molecule has 0 saturated carbocycles. The summed E-state index contributed by atoms with van der Waals surface area (Å²) in [5, 5.41) is 32.6. The van der Waals surface area contributed by atoms with Crippen LogP contribution in [0.25, 0.3) is 0 Å². The minimum atomic E-state index is -1.58. The third kappa shape index (κ3) is 35.2. The second-order valence-corrected chi connectivity index (χ2v) is 36.4. The van der Waals surface area contributed by atoms with Gasteiger partial charge in [0.25, 0.3) is 11.8 Å². The van der Waals surface area contributed by atoms with Gasteiger partial charge in [-0.25, -0.2) is 9.69 Å². The summed E-state index contributed by atoms with van der Waals surface area (Å²) in [5.74, 6) is -6.76. The van der Waals surface area contributed by atoms with Gasteiger partial charge in [0, 0.05) is 113 Å². The van der Waals surface area contributed by atoms with Crippen LogP contribution in [0.1, 0.15) is 187 Å². The number of hydrogen-bond acceptors (Lipinski definition) is 31. The number of imide groups is 1. The fourth-order valence-electron chi connectivity index (χ4n) is 16.6. The van der Waals surface area contributed by atoms with Crippen molar-refractivity contribution in [1.29, 1.82) is 0 Å². The van der Waals surface area contributed by atoms with Crippen molar-refractivity contribution in [3.8, 4) is 23.0 Å². The van der Waals surface area contributed by atoms with E-state index < -0.39 is 84.0 Å². The molecular weight excluding hydrogens is 1830 g/mol. The second-order valence-electron chi connectivity index (χ2n) is 36.4. The Labute approximate surface area is 824 Å². The number of aliphatic hydroxyl groups is 2. The van der Waals surface area contributed by atoms with Gasteiger partial charge >= 0.3 is 12.1 Å². The molecule has 1 fully saturated rings. The number of Topliss-reactive ketones (excluding diaryl/α,β-unsaturated/α-hetero) is 4. The van der Waals surface area contributed by atoms with Crippen molar-refractivity contribution in [2.24, 2.45) is 29.6 Å². The lowest BCUT2D eigenvalue weighted by atomic mass is 9.86. The molecule has 0 aliphatic carbocycles. The molecule has 776 valence electrons. The molecule has 1 saturated heterocycles. The van der Waals surface area contributed by atoms with Crippen LogP contribution in [0, 0.1) is 29.6 Å². The van der Waals surface area contributed by atoms with Crippen LogP contribution in [0.15, 0.2) is 96.3 Å². The van der Waals surface area contributed by atoms with E-state index in [2.05, 4.69) is 16.0 Å². The van der Waals surface area contributed by atoms with Crippen molar-refractivity contribution in [3.63, 3.8) is 0 Å². The SMILES string of the molecule is COCCOCCC(=O)C[C@H](C(=O)N[C@@H](C)C(=O)Cc1ccc(COC(=O)C2c3cc(OCCCCCOc4cc5c(cc4OC)C(=O)N4C=C(C)C[C@H]4[C@H](O)N5C(=O)OCc4ccc(CC(=O)[C@H](C)NC(=O)[C@@H](CC(=O)CCOCCOCCOCCOCCOCCOCCOCCOCCNC(=O)CCN5C(=O)CC(C)C5=O)C(C)C)cc4)c(OC)cc3C(=O)N3C=C(C)C[C@H]3[C@@H]2O)cc1)C(C)C. The number of likely N-dealkylation sites (tertiary alicyclic amines) is 1. The van der Waals surface area contributed by atoms with Gasteiger partial charge in [-0.3, -0.25) is 62.4 Å². The van der Waals surface area contributed by atoms with Gasteiger partial charge in [0.15, 0.2) is 40.8 Å². The van der Waals surface area contributed by atoms with Crippen LogP contribution in [0.5, 0.6) is 23.0 Å². The molecule has 0 aromatic heterocycles. The molecule has 0 spiro atoms. The number of benzene rings is 4. The van der Waals surface area contributed by atoms with Gasteiger partial charge in [-0.15, -0.1) is 0 Å². The highest BCUT2D eigenvalue weighted by Crippen LogP contribution is 2.45. The molecule has 38 nitrogen and oxygen atoms in total. The average Bonchev–Trinajstić information content (AvgIpc) is 1.60. The number of esters is 1. The number of unbranched alkanes of at least 4 members (excludes halogenated alkanes) is 2. The van der Waals surface area contributed by atoms with Crippen molar-refractivity contribution in [2.45, 2.75) is 201 Å². The van der Waals surface area contributed by atoms with Crippen LogP contribution >= 0.6 is 0 Å². The Hall–Kier alpha value is -11.0. The standard InChI is InChI=1S/C103H143N7O31/c1-65(2)78(55-76(111)25-31-129-35-34-126-10)96(118)105-70(8)86(113)53-72-16-20-74(21-17-72)63-140-102(124)94-80-57-90(88(127-11)58-81(80)99(121)108-61-67(5)50-84(108)95(94)117)138-29-14-13-15-30-139-91-60-83-82(59-89(91)128-12)100(122)109-62-68(6)51-85(109)101(123)110(83)103(125)141-64-75-22-18-73(19-23-75)54-87(114)71(9)106-97(119)79(66(3)4)56-77(112)26-32-130-36-38-132-40-42-134-44-46-136-48-49-137-47-45-135-43-41-133-39-37-131-33-27-104-92(115)24-28-107-93(116)52-69(7)98(107)120/h16-23,57-62,65-66,69-71,78-79,84-85,94-95,101,117,123H,13-15,24-56,63-64H2,1-12H3,(H,104,115)(H,105,118)(H,106,119)/t69?,70-,71-,78-,79-,84-,85-,94?,95-,101-/m0/s1. The number of ketones is 4. The number of hydrogen-bond donors (Lipinski definition) is 5. The second kappa shape index (κ2) is 59.2. The molecule has 5 aliphatic heterocycles. The Morgan fingerprint density at radius 2 is 0.879 bits per heavy atom. The number of carbonyl (C=O) groups excluding carboxylic acids is 13. The lowest BCUT2D eigenvalue weighted by Crippen LogP contribution is -2.50. The predicted molar refractivity (Wildman–Crippen MR) is 513 cm³/mol. The highest BCUT2D eigenvalue weighted by atomic mass is 16.6. The van der Waals surface area contributed by atoms with Gasteiger partial charge in [0.05, 0.1) is 194 Å². The molecule has 5 heterocycles. The molecule has 141 heavy (non-hydrogen) atoms. The zero-order chi connectivity index (χ0) is 102. The van der Waals surface area contributed by atoms with Crippen LogP contribution in [0.3, 0.4) is 0 Å². The minimum Gasteiger partial charge on any atom is -0.493 e. The minimum absolute atomic E-state index is 0.0103. The Morgan fingerprint density at radius 1 is 0.461 bits per heavy atom. The quantitative estimate of drug-likeness (QED) is 0.0157. The lowest BCUT2D eigenvalue weighted by Gasteiger charge is -2.31. The van der Waals surface area contributed by atoms with Gasteiger partial charge in [0.1, 0.15) is 30.7 Å². The van der Waals surface area contributed by atoms with E-state index in [4.69, 9.17) is 75.8 Å². The molecule has 5 N–H and O–H groups in total. The van der Waals surface area contributed by atoms with Crippen molar-refractivity contribution in [3.05, 3.63) is 135 Å². The van der Waals surface area contributed by atoms with E-state index >= 15 is 0 Å². The molecule has 4 aromatic rings. The Bertz CT molecular complexity index is 4850. The first-order valence-electron chi connectivity index (χ1n) is 48.6. The predicted octanol–water partition coefficient (Wildman–Crippen LogP) is 8.42. The average molecular weight is 1980 g/mol. The summed E-state index contributed by atoms with van der Waals surface area (Å²) >= 11 is 0.